The molecule has 1 atom stereocenters. The molecule has 1 aliphatic carbocycles. The van der Waals surface area contributed by atoms with Crippen molar-refractivity contribution in [2.24, 2.45) is 0 Å². The molecule has 1 aromatic rings. The van der Waals surface area contributed by atoms with Crippen molar-refractivity contribution in [3.8, 4) is 0 Å². The topological polar surface area (TPSA) is 49.4 Å². The molecular formula is C17H21ClN2O2. The zero-order valence-corrected chi connectivity index (χ0v) is 13.3. The van der Waals surface area contributed by atoms with Crippen LogP contribution >= 0.6 is 11.6 Å². The SMILES string of the molecule is O=C(NC1CC1)C1CCCN1C(=O)CCc1ccccc1Cl. The van der Waals surface area contributed by atoms with E-state index < -0.39 is 0 Å². The Bertz CT molecular complexity index is 572. The molecule has 1 saturated carbocycles. The third kappa shape index (κ3) is 3.61. The van der Waals surface area contributed by atoms with Crippen molar-refractivity contribution in [3.05, 3.63) is 34.9 Å². The van der Waals surface area contributed by atoms with Gasteiger partial charge in [0.25, 0.3) is 0 Å². The molecule has 1 aromatic carbocycles. The number of nitrogens with zero attached hydrogens (tertiary/aromatic N) is 1. The number of carbonyl (C=O) groups is 2. The van der Waals surface area contributed by atoms with Crippen LogP contribution in [0.25, 0.3) is 0 Å². The first kappa shape index (κ1) is 15.3. The Morgan fingerprint density at radius 1 is 1.23 bits per heavy atom. The van der Waals surface area contributed by atoms with Crippen molar-refractivity contribution in [3.63, 3.8) is 0 Å². The van der Waals surface area contributed by atoms with Gasteiger partial charge in [-0.1, -0.05) is 29.8 Å². The maximum absolute atomic E-state index is 12.4. The number of nitrogens with one attached hydrogen (secondary N) is 1. The van der Waals surface area contributed by atoms with Gasteiger partial charge in [0.1, 0.15) is 6.04 Å². The van der Waals surface area contributed by atoms with Crippen LogP contribution in [0, 0.1) is 0 Å². The Morgan fingerprint density at radius 2 is 2.00 bits per heavy atom. The van der Waals surface area contributed by atoms with Crippen LogP contribution in [0.4, 0.5) is 0 Å². The molecule has 5 heteroatoms. The highest BCUT2D eigenvalue weighted by Crippen LogP contribution is 2.24. The lowest BCUT2D eigenvalue weighted by Crippen LogP contribution is -2.46. The molecular weight excluding hydrogens is 300 g/mol. The van der Waals surface area contributed by atoms with Crippen LogP contribution in [0.15, 0.2) is 24.3 Å². The fraction of sp³-hybridized carbons (Fsp3) is 0.529. The van der Waals surface area contributed by atoms with Crippen molar-refractivity contribution in [1.82, 2.24) is 10.2 Å². The lowest BCUT2D eigenvalue weighted by molar-refractivity contribution is -0.138. The lowest BCUT2D eigenvalue weighted by atomic mass is 10.1. The van der Waals surface area contributed by atoms with E-state index >= 15 is 0 Å². The van der Waals surface area contributed by atoms with Crippen molar-refractivity contribution < 1.29 is 9.59 Å². The molecule has 3 rings (SSSR count). The zero-order valence-electron chi connectivity index (χ0n) is 12.6. The average molecular weight is 321 g/mol. The van der Waals surface area contributed by atoms with Gasteiger partial charge in [0.05, 0.1) is 0 Å². The van der Waals surface area contributed by atoms with Crippen LogP contribution in [0.2, 0.25) is 5.02 Å². The molecule has 2 aliphatic rings. The van der Waals surface area contributed by atoms with Crippen LogP contribution in [0.3, 0.4) is 0 Å². The van der Waals surface area contributed by atoms with Crippen LogP contribution < -0.4 is 5.32 Å². The quantitative estimate of drug-likeness (QED) is 0.906. The van der Waals surface area contributed by atoms with E-state index in [-0.39, 0.29) is 17.9 Å². The molecule has 22 heavy (non-hydrogen) atoms. The van der Waals surface area contributed by atoms with Gasteiger partial charge >= 0.3 is 0 Å². The maximum Gasteiger partial charge on any atom is 0.243 e. The number of likely N-dealkylation sites (tertiary alicyclic amines) is 1. The van der Waals surface area contributed by atoms with E-state index in [0.29, 0.717) is 30.5 Å². The third-order valence-corrected chi connectivity index (χ3v) is 4.73. The standard InChI is InChI=1S/C17H21ClN2O2/c18-14-5-2-1-4-12(14)7-10-16(21)20-11-3-6-15(20)17(22)19-13-8-9-13/h1-2,4-5,13,15H,3,6-11H2,(H,19,22). The molecule has 0 aromatic heterocycles. The van der Waals surface area contributed by atoms with Gasteiger partial charge in [0.2, 0.25) is 11.8 Å². The smallest absolute Gasteiger partial charge is 0.243 e. The van der Waals surface area contributed by atoms with E-state index in [1.165, 1.54) is 0 Å². The molecule has 2 amide bonds. The molecule has 1 N–H and O–H groups in total. The summed E-state index contributed by atoms with van der Waals surface area (Å²) < 4.78 is 0. The molecule has 2 fully saturated rings. The van der Waals surface area contributed by atoms with E-state index in [2.05, 4.69) is 5.32 Å². The molecule has 0 radical (unpaired) electrons. The highest BCUT2D eigenvalue weighted by molar-refractivity contribution is 6.31. The summed E-state index contributed by atoms with van der Waals surface area (Å²) in [7, 11) is 0. The fourth-order valence-electron chi connectivity index (χ4n) is 2.95. The number of benzene rings is 1. The summed E-state index contributed by atoms with van der Waals surface area (Å²) in [5, 5.41) is 3.70. The Balaban J connectivity index is 1.56. The largest absolute Gasteiger partial charge is 0.352 e. The van der Waals surface area contributed by atoms with Gasteiger partial charge in [-0.3, -0.25) is 9.59 Å². The van der Waals surface area contributed by atoms with Crippen LogP contribution in [-0.4, -0.2) is 35.3 Å². The first-order chi connectivity index (χ1) is 10.6. The summed E-state index contributed by atoms with van der Waals surface area (Å²) in [6.07, 6.45) is 4.83. The Morgan fingerprint density at radius 3 is 2.73 bits per heavy atom. The summed E-state index contributed by atoms with van der Waals surface area (Å²) in [5.74, 6) is 0.0689. The van der Waals surface area contributed by atoms with E-state index in [9.17, 15) is 9.59 Å². The zero-order chi connectivity index (χ0) is 15.5. The highest BCUT2D eigenvalue weighted by atomic mass is 35.5. The molecule has 0 spiro atoms. The van der Waals surface area contributed by atoms with Gasteiger partial charge in [-0.15, -0.1) is 0 Å². The summed E-state index contributed by atoms with van der Waals surface area (Å²) in [4.78, 5) is 26.4. The van der Waals surface area contributed by atoms with Gasteiger partial charge < -0.3 is 10.2 Å². The Labute approximate surface area is 135 Å². The van der Waals surface area contributed by atoms with Crippen molar-refractivity contribution in [2.45, 2.75) is 50.6 Å². The molecule has 1 saturated heterocycles. The maximum atomic E-state index is 12.4. The monoisotopic (exact) mass is 320 g/mol. The Hall–Kier alpha value is -1.55. The first-order valence-corrected chi connectivity index (χ1v) is 8.36. The second kappa shape index (κ2) is 6.69. The minimum absolute atomic E-state index is 0.0195. The number of carbonyl (C=O) groups excluding carboxylic acids is 2. The van der Waals surface area contributed by atoms with Gasteiger partial charge in [-0.05, 0) is 43.7 Å². The van der Waals surface area contributed by atoms with Crippen molar-refractivity contribution >= 4 is 23.4 Å². The molecule has 118 valence electrons. The van der Waals surface area contributed by atoms with Gasteiger partial charge in [0, 0.05) is 24.0 Å². The van der Waals surface area contributed by atoms with Crippen LogP contribution in [0.1, 0.15) is 37.7 Å². The first-order valence-electron chi connectivity index (χ1n) is 7.98. The minimum atomic E-state index is -0.278. The van der Waals surface area contributed by atoms with Gasteiger partial charge in [0.15, 0.2) is 0 Å². The summed E-state index contributed by atoms with van der Waals surface area (Å²) in [5.41, 5.74) is 0.982. The second-order valence-electron chi connectivity index (χ2n) is 6.12. The van der Waals surface area contributed by atoms with Crippen molar-refractivity contribution in [1.29, 1.82) is 0 Å². The van der Waals surface area contributed by atoms with E-state index in [1.54, 1.807) is 4.90 Å². The second-order valence-corrected chi connectivity index (χ2v) is 6.53. The fourth-order valence-corrected chi connectivity index (χ4v) is 3.18. The predicted molar refractivity (Wildman–Crippen MR) is 85.7 cm³/mol. The highest BCUT2D eigenvalue weighted by Gasteiger charge is 2.36. The van der Waals surface area contributed by atoms with Crippen molar-refractivity contribution in [2.75, 3.05) is 6.54 Å². The summed E-state index contributed by atoms with van der Waals surface area (Å²) >= 11 is 6.12. The minimum Gasteiger partial charge on any atom is -0.352 e. The van der Waals surface area contributed by atoms with E-state index in [4.69, 9.17) is 11.6 Å². The average Bonchev–Trinajstić information content (AvgIpc) is 3.18. The number of hydrogen-bond donors (Lipinski definition) is 1. The molecule has 1 aliphatic heterocycles. The summed E-state index contributed by atoms with van der Waals surface area (Å²) in [6, 6.07) is 7.65. The molecule has 1 unspecified atom stereocenters. The third-order valence-electron chi connectivity index (χ3n) is 4.37. The van der Waals surface area contributed by atoms with Gasteiger partial charge in [-0.25, -0.2) is 0 Å². The number of aryl methyl sites for hydroxylation is 1. The van der Waals surface area contributed by atoms with Crippen LogP contribution in [0.5, 0.6) is 0 Å². The lowest BCUT2D eigenvalue weighted by Gasteiger charge is -2.24. The molecule has 4 nitrogen and oxygen atoms in total. The van der Waals surface area contributed by atoms with E-state index in [0.717, 1.165) is 31.2 Å². The molecule has 0 bridgehead atoms. The van der Waals surface area contributed by atoms with E-state index in [1.807, 2.05) is 24.3 Å². The molecule has 1 heterocycles. The summed E-state index contributed by atoms with van der Waals surface area (Å²) in [6.45, 7) is 0.685. The number of halogens is 1. The predicted octanol–water partition coefficient (Wildman–Crippen LogP) is 2.54. The number of amides is 2. The Kier molecular flexibility index (Phi) is 4.67. The number of rotatable bonds is 5. The number of hydrogen-bond acceptors (Lipinski definition) is 2. The van der Waals surface area contributed by atoms with Crippen LogP contribution in [-0.2, 0) is 16.0 Å². The van der Waals surface area contributed by atoms with Gasteiger partial charge in [-0.2, -0.15) is 0 Å². The normalized spacial score (nSPS) is 21.0.